The summed E-state index contributed by atoms with van der Waals surface area (Å²) < 4.78 is 0. The smallest absolute Gasteiger partial charge is 0.254 e. The third-order valence-corrected chi connectivity index (χ3v) is 4.55. The first kappa shape index (κ1) is 15.5. The van der Waals surface area contributed by atoms with Gasteiger partial charge in [-0.1, -0.05) is 18.2 Å². The molecule has 120 valence electrons. The standard InChI is InChI=1S/C19H23N3O/c1-14-12-18(20-2)21-13-16(14)17-10-6-7-11-22(17)19(23)15-8-4-3-5-9-15/h3-5,8-9,12-13,17H,6-7,10-11H2,1-2H3,(H,20,21)/t17-/m0/s1. The van der Waals surface area contributed by atoms with Crippen molar-refractivity contribution in [1.82, 2.24) is 9.88 Å². The quantitative estimate of drug-likeness (QED) is 0.938. The fraction of sp³-hybridized carbons (Fsp3) is 0.368. The van der Waals surface area contributed by atoms with Crippen molar-refractivity contribution in [1.29, 1.82) is 0 Å². The fourth-order valence-electron chi connectivity index (χ4n) is 3.30. The van der Waals surface area contributed by atoms with Crippen molar-refractivity contribution >= 4 is 11.7 Å². The maximum atomic E-state index is 12.9. The Hall–Kier alpha value is -2.36. The van der Waals surface area contributed by atoms with Crippen LogP contribution in [0.1, 0.15) is 46.8 Å². The van der Waals surface area contributed by atoms with Crippen LogP contribution in [0, 0.1) is 6.92 Å². The van der Waals surface area contributed by atoms with Gasteiger partial charge in [-0.3, -0.25) is 4.79 Å². The highest BCUT2D eigenvalue weighted by molar-refractivity contribution is 5.94. The molecule has 1 aliphatic heterocycles. The lowest BCUT2D eigenvalue weighted by Gasteiger charge is -2.36. The molecule has 1 aromatic carbocycles. The summed E-state index contributed by atoms with van der Waals surface area (Å²) in [6, 6.07) is 11.7. The summed E-state index contributed by atoms with van der Waals surface area (Å²) in [6.45, 7) is 2.91. The molecule has 1 aromatic heterocycles. The first-order valence-electron chi connectivity index (χ1n) is 8.21. The van der Waals surface area contributed by atoms with Gasteiger partial charge < -0.3 is 10.2 Å². The highest BCUT2D eigenvalue weighted by Crippen LogP contribution is 2.34. The van der Waals surface area contributed by atoms with Crippen LogP contribution in [0.2, 0.25) is 0 Å². The molecule has 0 unspecified atom stereocenters. The Morgan fingerprint density at radius 3 is 2.74 bits per heavy atom. The fourth-order valence-corrected chi connectivity index (χ4v) is 3.30. The van der Waals surface area contributed by atoms with E-state index in [2.05, 4.69) is 23.3 Å². The van der Waals surface area contributed by atoms with Crippen LogP contribution in [-0.4, -0.2) is 29.4 Å². The lowest BCUT2D eigenvalue weighted by molar-refractivity contribution is 0.0610. The third kappa shape index (κ3) is 3.21. The number of carbonyl (C=O) groups is 1. The van der Waals surface area contributed by atoms with E-state index in [1.54, 1.807) is 0 Å². The molecule has 4 nitrogen and oxygen atoms in total. The SMILES string of the molecule is CNc1cc(C)c([C@@H]2CCCCN2C(=O)c2ccccc2)cn1. The van der Waals surface area contributed by atoms with Crippen LogP contribution in [0.4, 0.5) is 5.82 Å². The van der Waals surface area contributed by atoms with Crippen LogP contribution in [0.25, 0.3) is 0 Å². The molecule has 3 rings (SSSR count). The third-order valence-electron chi connectivity index (χ3n) is 4.55. The van der Waals surface area contributed by atoms with Crippen LogP contribution >= 0.6 is 0 Å². The Bertz CT molecular complexity index is 684. The number of likely N-dealkylation sites (tertiary alicyclic amines) is 1. The Balaban J connectivity index is 1.91. The summed E-state index contributed by atoms with van der Waals surface area (Å²) in [7, 11) is 1.87. The first-order valence-corrected chi connectivity index (χ1v) is 8.21. The maximum absolute atomic E-state index is 12.9. The second kappa shape index (κ2) is 6.82. The van der Waals surface area contributed by atoms with Gasteiger partial charge in [-0.15, -0.1) is 0 Å². The van der Waals surface area contributed by atoms with Gasteiger partial charge in [0.05, 0.1) is 6.04 Å². The number of amides is 1. The number of carbonyl (C=O) groups excluding carboxylic acids is 1. The van der Waals surface area contributed by atoms with E-state index in [0.717, 1.165) is 42.8 Å². The second-order valence-corrected chi connectivity index (χ2v) is 6.05. The van der Waals surface area contributed by atoms with Crippen LogP contribution < -0.4 is 5.32 Å². The monoisotopic (exact) mass is 309 g/mol. The number of hydrogen-bond donors (Lipinski definition) is 1. The van der Waals surface area contributed by atoms with Crippen molar-refractivity contribution in [2.45, 2.75) is 32.2 Å². The number of nitrogens with zero attached hydrogens (tertiary/aromatic N) is 2. The van der Waals surface area contributed by atoms with E-state index >= 15 is 0 Å². The molecular weight excluding hydrogens is 286 g/mol. The van der Waals surface area contributed by atoms with E-state index in [1.807, 2.05) is 48.5 Å². The number of rotatable bonds is 3. The number of aromatic nitrogens is 1. The van der Waals surface area contributed by atoms with Gasteiger partial charge >= 0.3 is 0 Å². The molecule has 0 spiro atoms. The van der Waals surface area contributed by atoms with Gasteiger partial charge in [-0.25, -0.2) is 4.98 Å². The zero-order chi connectivity index (χ0) is 16.2. The topological polar surface area (TPSA) is 45.2 Å². The highest BCUT2D eigenvalue weighted by Gasteiger charge is 2.29. The Morgan fingerprint density at radius 1 is 1.26 bits per heavy atom. The predicted molar refractivity (Wildman–Crippen MR) is 92.6 cm³/mol. The van der Waals surface area contributed by atoms with Gasteiger partial charge in [-0.05, 0) is 55.5 Å². The van der Waals surface area contributed by atoms with E-state index in [9.17, 15) is 4.79 Å². The Morgan fingerprint density at radius 2 is 2.04 bits per heavy atom. The summed E-state index contributed by atoms with van der Waals surface area (Å²) in [5, 5.41) is 3.07. The minimum absolute atomic E-state index is 0.118. The Kier molecular flexibility index (Phi) is 4.60. The van der Waals surface area contributed by atoms with Gasteiger partial charge in [0.15, 0.2) is 0 Å². The average Bonchev–Trinajstić information content (AvgIpc) is 2.62. The van der Waals surface area contributed by atoms with Crippen molar-refractivity contribution in [2.75, 3.05) is 18.9 Å². The number of piperidine rings is 1. The summed E-state index contributed by atoms with van der Waals surface area (Å²) >= 11 is 0. The lowest BCUT2D eigenvalue weighted by Crippen LogP contribution is -2.38. The molecule has 1 aliphatic rings. The molecule has 2 heterocycles. The molecule has 23 heavy (non-hydrogen) atoms. The summed E-state index contributed by atoms with van der Waals surface area (Å²) in [6.07, 6.45) is 5.13. The van der Waals surface area contributed by atoms with Crippen LogP contribution in [-0.2, 0) is 0 Å². The Labute approximate surface area is 137 Å². The zero-order valence-corrected chi connectivity index (χ0v) is 13.7. The van der Waals surface area contributed by atoms with E-state index in [0.29, 0.717) is 0 Å². The summed E-state index contributed by atoms with van der Waals surface area (Å²) in [5.41, 5.74) is 3.10. The molecule has 1 atom stereocenters. The molecule has 1 fully saturated rings. The molecule has 0 saturated carbocycles. The van der Waals surface area contributed by atoms with Crippen LogP contribution in [0.5, 0.6) is 0 Å². The van der Waals surface area contributed by atoms with Gasteiger partial charge in [0.25, 0.3) is 5.91 Å². The summed E-state index contributed by atoms with van der Waals surface area (Å²) in [4.78, 5) is 19.4. The number of anilines is 1. The van der Waals surface area contributed by atoms with Gasteiger partial charge in [0.2, 0.25) is 0 Å². The van der Waals surface area contributed by atoms with Crippen molar-refractivity contribution in [3.63, 3.8) is 0 Å². The molecule has 2 aromatic rings. The van der Waals surface area contributed by atoms with Crippen LogP contribution in [0.15, 0.2) is 42.6 Å². The molecule has 0 bridgehead atoms. The van der Waals surface area contributed by atoms with Crippen molar-refractivity contribution in [2.24, 2.45) is 0 Å². The number of aryl methyl sites for hydroxylation is 1. The summed E-state index contributed by atoms with van der Waals surface area (Å²) in [5.74, 6) is 0.982. The molecular formula is C19H23N3O. The van der Waals surface area contributed by atoms with E-state index in [-0.39, 0.29) is 11.9 Å². The highest BCUT2D eigenvalue weighted by atomic mass is 16.2. The van der Waals surface area contributed by atoms with Gasteiger partial charge in [0.1, 0.15) is 5.82 Å². The average molecular weight is 309 g/mol. The minimum Gasteiger partial charge on any atom is -0.373 e. The number of pyridine rings is 1. The number of hydrogen-bond acceptors (Lipinski definition) is 3. The molecule has 1 saturated heterocycles. The largest absolute Gasteiger partial charge is 0.373 e. The predicted octanol–water partition coefficient (Wildman–Crippen LogP) is 3.80. The lowest BCUT2D eigenvalue weighted by atomic mass is 9.93. The number of benzene rings is 1. The van der Waals surface area contributed by atoms with Gasteiger partial charge in [-0.2, -0.15) is 0 Å². The molecule has 4 heteroatoms. The second-order valence-electron chi connectivity index (χ2n) is 6.05. The van der Waals surface area contributed by atoms with E-state index in [4.69, 9.17) is 0 Å². The first-order chi connectivity index (χ1) is 11.2. The normalized spacial score (nSPS) is 17.8. The van der Waals surface area contributed by atoms with Crippen LogP contribution in [0.3, 0.4) is 0 Å². The molecule has 1 N–H and O–H groups in total. The number of nitrogens with one attached hydrogen (secondary N) is 1. The van der Waals surface area contributed by atoms with E-state index in [1.165, 1.54) is 5.56 Å². The minimum atomic E-state index is 0.118. The molecule has 0 aliphatic carbocycles. The van der Waals surface area contributed by atoms with Gasteiger partial charge in [0, 0.05) is 25.4 Å². The zero-order valence-electron chi connectivity index (χ0n) is 13.7. The molecule has 0 radical (unpaired) electrons. The van der Waals surface area contributed by atoms with Crippen molar-refractivity contribution in [3.05, 3.63) is 59.3 Å². The van der Waals surface area contributed by atoms with Crippen molar-refractivity contribution < 1.29 is 4.79 Å². The molecule has 1 amide bonds. The van der Waals surface area contributed by atoms with E-state index < -0.39 is 0 Å². The maximum Gasteiger partial charge on any atom is 0.254 e. The van der Waals surface area contributed by atoms with Crippen molar-refractivity contribution in [3.8, 4) is 0 Å².